The van der Waals surface area contributed by atoms with Gasteiger partial charge < -0.3 is 19.7 Å². The smallest absolute Gasteiger partial charge is 0.334 e. The molecule has 1 saturated heterocycles. The fourth-order valence-corrected chi connectivity index (χ4v) is 2.76. The van der Waals surface area contributed by atoms with Crippen LogP contribution in [0.1, 0.15) is 21.6 Å². The van der Waals surface area contributed by atoms with Gasteiger partial charge in [0.2, 0.25) is 0 Å². The molecule has 2 aromatic rings. The number of nitrogens with zero attached hydrogens (tertiary/aromatic N) is 1. The third-order valence-corrected chi connectivity index (χ3v) is 4.18. The molecule has 0 aliphatic carbocycles. The van der Waals surface area contributed by atoms with E-state index in [9.17, 15) is 9.59 Å². The first-order chi connectivity index (χ1) is 10.5. The predicted octanol–water partition coefficient (Wildman–Crippen LogP) is 1.71. The van der Waals surface area contributed by atoms with E-state index in [4.69, 9.17) is 9.84 Å². The molecule has 22 heavy (non-hydrogen) atoms. The summed E-state index contributed by atoms with van der Waals surface area (Å²) in [5.74, 6) is -1.19. The maximum Gasteiger partial charge on any atom is 0.334 e. The van der Waals surface area contributed by atoms with Gasteiger partial charge in [0, 0.05) is 28.7 Å². The van der Waals surface area contributed by atoms with Gasteiger partial charge in [-0.15, -0.1) is 0 Å². The molecule has 1 aromatic carbocycles. The lowest BCUT2D eigenvalue weighted by Gasteiger charge is -2.30. The van der Waals surface area contributed by atoms with Crippen LogP contribution in [-0.4, -0.2) is 52.7 Å². The number of hydrogen-bond acceptors (Lipinski definition) is 3. The second-order valence-electron chi connectivity index (χ2n) is 5.58. The summed E-state index contributed by atoms with van der Waals surface area (Å²) in [6.45, 7) is 4.74. The van der Waals surface area contributed by atoms with Crippen molar-refractivity contribution in [2.24, 2.45) is 0 Å². The number of amides is 1. The normalized spacial score (nSPS) is 18.6. The summed E-state index contributed by atoms with van der Waals surface area (Å²) in [5.41, 5.74) is 3.77. The lowest BCUT2D eigenvalue weighted by atomic mass is 10.1. The standard InChI is InChI=1S/C16H18N2O4/c1-9-10(2)17-13-4-3-11(7-12(9)13)15(19)18-5-6-22-14(8-18)16(20)21/h3-4,7,14,17H,5-6,8H2,1-2H3,(H,20,21). The number of aryl methyl sites for hydroxylation is 2. The van der Waals surface area contributed by atoms with E-state index in [1.807, 2.05) is 26.0 Å². The first-order valence-electron chi connectivity index (χ1n) is 7.20. The Bertz CT molecular complexity index is 750. The van der Waals surface area contributed by atoms with Crippen molar-refractivity contribution in [2.45, 2.75) is 20.0 Å². The van der Waals surface area contributed by atoms with E-state index >= 15 is 0 Å². The minimum Gasteiger partial charge on any atom is -0.479 e. The first-order valence-corrected chi connectivity index (χ1v) is 7.20. The second-order valence-corrected chi connectivity index (χ2v) is 5.58. The zero-order chi connectivity index (χ0) is 15.9. The summed E-state index contributed by atoms with van der Waals surface area (Å²) in [5, 5.41) is 10.0. The van der Waals surface area contributed by atoms with Gasteiger partial charge >= 0.3 is 5.97 Å². The minimum absolute atomic E-state index is 0.0807. The van der Waals surface area contributed by atoms with Gasteiger partial charge in [-0.2, -0.15) is 0 Å². The van der Waals surface area contributed by atoms with Crippen molar-refractivity contribution in [2.75, 3.05) is 19.7 Å². The number of morpholine rings is 1. The number of carbonyl (C=O) groups excluding carboxylic acids is 1. The predicted molar refractivity (Wildman–Crippen MR) is 81.1 cm³/mol. The monoisotopic (exact) mass is 302 g/mol. The van der Waals surface area contributed by atoms with Crippen molar-refractivity contribution in [1.29, 1.82) is 0 Å². The van der Waals surface area contributed by atoms with Crippen molar-refractivity contribution in [3.8, 4) is 0 Å². The molecule has 1 atom stereocenters. The molecule has 116 valence electrons. The van der Waals surface area contributed by atoms with Crippen LogP contribution in [0.5, 0.6) is 0 Å². The SMILES string of the molecule is Cc1[nH]c2ccc(C(=O)N3CCOC(C(=O)O)C3)cc2c1C. The molecule has 6 nitrogen and oxygen atoms in total. The van der Waals surface area contributed by atoms with Crippen molar-refractivity contribution in [3.63, 3.8) is 0 Å². The summed E-state index contributed by atoms with van der Waals surface area (Å²) in [6.07, 6.45) is -0.947. The van der Waals surface area contributed by atoms with Gasteiger partial charge in [-0.3, -0.25) is 4.79 Å². The van der Waals surface area contributed by atoms with Crippen LogP contribution in [-0.2, 0) is 9.53 Å². The number of rotatable bonds is 2. The molecule has 1 aliphatic rings. The van der Waals surface area contributed by atoms with Gasteiger partial charge in [0.1, 0.15) is 0 Å². The highest BCUT2D eigenvalue weighted by molar-refractivity contribution is 5.99. The van der Waals surface area contributed by atoms with Crippen LogP contribution < -0.4 is 0 Å². The van der Waals surface area contributed by atoms with Crippen molar-refractivity contribution in [1.82, 2.24) is 9.88 Å². The number of aromatic amines is 1. The van der Waals surface area contributed by atoms with Gasteiger partial charge in [0.25, 0.3) is 5.91 Å². The van der Waals surface area contributed by atoms with Crippen molar-refractivity contribution >= 4 is 22.8 Å². The van der Waals surface area contributed by atoms with Gasteiger partial charge in [0.05, 0.1) is 13.2 Å². The summed E-state index contributed by atoms with van der Waals surface area (Å²) in [4.78, 5) is 28.4. The average molecular weight is 302 g/mol. The Morgan fingerprint density at radius 3 is 2.86 bits per heavy atom. The Morgan fingerprint density at radius 1 is 1.36 bits per heavy atom. The van der Waals surface area contributed by atoms with Crippen LogP contribution >= 0.6 is 0 Å². The number of benzene rings is 1. The topological polar surface area (TPSA) is 82.6 Å². The van der Waals surface area contributed by atoms with Gasteiger partial charge in [-0.25, -0.2) is 4.79 Å². The van der Waals surface area contributed by atoms with Crippen LogP contribution in [0.4, 0.5) is 0 Å². The second kappa shape index (κ2) is 5.46. The maximum absolute atomic E-state index is 12.6. The molecule has 2 N–H and O–H groups in total. The molecule has 1 aliphatic heterocycles. The third-order valence-electron chi connectivity index (χ3n) is 4.18. The Balaban J connectivity index is 1.88. The fourth-order valence-electron chi connectivity index (χ4n) is 2.76. The summed E-state index contributed by atoms with van der Waals surface area (Å²) >= 11 is 0. The Labute approximate surface area is 127 Å². The van der Waals surface area contributed by atoms with Crippen molar-refractivity contribution in [3.05, 3.63) is 35.0 Å². The van der Waals surface area contributed by atoms with Crippen molar-refractivity contribution < 1.29 is 19.4 Å². The molecule has 6 heteroatoms. The van der Waals surface area contributed by atoms with Crippen LogP contribution in [0.3, 0.4) is 0 Å². The highest BCUT2D eigenvalue weighted by Gasteiger charge is 2.29. The van der Waals surface area contributed by atoms with Gasteiger partial charge in [-0.05, 0) is 37.6 Å². The number of hydrogen-bond donors (Lipinski definition) is 2. The number of carboxylic acid groups (broad SMARTS) is 1. The minimum atomic E-state index is -1.04. The molecule has 0 spiro atoms. The largest absolute Gasteiger partial charge is 0.479 e. The number of fused-ring (bicyclic) bond motifs is 1. The lowest BCUT2D eigenvalue weighted by molar-refractivity contribution is -0.154. The van der Waals surface area contributed by atoms with Crippen LogP contribution in [0.25, 0.3) is 10.9 Å². The molecule has 3 rings (SSSR count). The van der Waals surface area contributed by atoms with E-state index in [1.165, 1.54) is 4.90 Å². The first kappa shape index (κ1) is 14.6. The Hall–Kier alpha value is -2.34. The van der Waals surface area contributed by atoms with Crippen LogP contribution in [0.2, 0.25) is 0 Å². The zero-order valence-corrected chi connectivity index (χ0v) is 12.5. The molecule has 2 heterocycles. The highest BCUT2D eigenvalue weighted by atomic mass is 16.5. The molecule has 1 fully saturated rings. The van der Waals surface area contributed by atoms with Gasteiger partial charge in [-0.1, -0.05) is 0 Å². The van der Waals surface area contributed by atoms with E-state index in [1.54, 1.807) is 6.07 Å². The fraction of sp³-hybridized carbons (Fsp3) is 0.375. The number of H-pyrrole nitrogens is 1. The van der Waals surface area contributed by atoms with Gasteiger partial charge in [0.15, 0.2) is 6.10 Å². The number of nitrogens with one attached hydrogen (secondary N) is 1. The molecule has 1 unspecified atom stereocenters. The lowest BCUT2D eigenvalue weighted by Crippen LogP contribution is -2.48. The maximum atomic E-state index is 12.6. The summed E-state index contributed by atoms with van der Waals surface area (Å²) in [7, 11) is 0. The average Bonchev–Trinajstić information content (AvgIpc) is 2.81. The Morgan fingerprint density at radius 2 is 2.14 bits per heavy atom. The Kier molecular flexibility index (Phi) is 3.62. The molecule has 1 amide bonds. The quantitative estimate of drug-likeness (QED) is 0.884. The molecule has 1 aromatic heterocycles. The zero-order valence-electron chi connectivity index (χ0n) is 12.5. The highest BCUT2D eigenvalue weighted by Crippen LogP contribution is 2.23. The molecule has 0 saturated carbocycles. The number of aliphatic carboxylic acids is 1. The third kappa shape index (κ3) is 2.46. The molecular formula is C16H18N2O4. The van der Waals surface area contributed by atoms with E-state index in [0.717, 1.165) is 22.2 Å². The number of carboxylic acids is 1. The molecule has 0 radical (unpaired) electrons. The van der Waals surface area contributed by atoms with Crippen LogP contribution in [0.15, 0.2) is 18.2 Å². The summed E-state index contributed by atoms with van der Waals surface area (Å²) in [6, 6.07) is 5.52. The molecule has 0 bridgehead atoms. The number of carbonyl (C=O) groups is 2. The van der Waals surface area contributed by atoms with E-state index in [0.29, 0.717) is 12.1 Å². The van der Waals surface area contributed by atoms with Crippen LogP contribution in [0, 0.1) is 13.8 Å². The molecular weight excluding hydrogens is 284 g/mol. The van der Waals surface area contributed by atoms with E-state index in [-0.39, 0.29) is 19.1 Å². The number of aromatic nitrogens is 1. The summed E-state index contributed by atoms with van der Waals surface area (Å²) < 4.78 is 5.15. The van der Waals surface area contributed by atoms with E-state index < -0.39 is 12.1 Å². The number of ether oxygens (including phenoxy) is 1. The van der Waals surface area contributed by atoms with E-state index in [2.05, 4.69) is 4.98 Å².